The molecule has 0 rings (SSSR count). The molecule has 0 aliphatic heterocycles. The van der Waals surface area contributed by atoms with Crippen molar-refractivity contribution in [3.8, 4) is 0 Å². The summed E-state index contributed by atoms with van der Waals surface area (Å²) in [6.45, 7) is 4.96. The summed E-state index contributed by atoms with van der Waals surface area (Å²) in [5.41, 5.74) is 0. The van der Waals surface area contributed by atoms with E-state index in [4.69, 9.17) is 4.74 Å². The van der Waals surface area contributed by atoms with Gasteiger partial charge in [-0.15, -0.1) is 0 Å². The molecule has 0 aliphatic carbocycles. The Hall–Kier alpha value is -1.92. The number of nitrogens with one attached hydrogen (secondary N) is 1. The third kappa shape index (κ3) is 65.2. The summed E-state index contributed by atoms with van der Waals surface area (Å²) in [5, 5.41) is 23.4. The van der Waals surface area contributed by atoms with Crippen molar-refractivity contribution in [1.82, 2.24) is 5.32 Å². The first-order valence-electron chi connectivity index (χ1n) is 36.2. The molecule has 0 fully saturated rings. The first-order valence-corrected chi connectivity index (χ1v) is 36.2. The average molecular weight is 1120 g/mol. The molecule has 6 heteroatoms. The number of hydrogen-bond donors (Lipinski definition) is 3. The van der Waals surface area contributed by atoms with Crippen LogP contribution < -0.4 is 5.32 Å². The van der Waals surface area contributed by atoms with E-state index in [1.165, 1.54) is 315 Å². The highest BCUT2D eigenvalue weighted by atomic mass is 16.5. The second-order valence-electron chi connectivity index (χ2n) is 24.9. The van der Waals surface area contributed by atoms with Crippen LogP contribution >= 0.6 is 0 Å². The summed E-state index contributed by atoms with van der Waals surface area (Å²) in [5.74, 6) is -0.0405. The molecule has 0 spiro atoms. The number of amides is 1. The minimum Gasteiger partial charge on any atom is -0.466 e. The molecule has 80 heavy (non-hydrogen) atoms. The van der Waals surface area contributed by atoms with Gasteiger partial charge in [0.1, 0.15) is 0 Å². The lowest BCUT2D eigenvalue weighted by atomic mass is 10.0. The van der Waals surface area contributed by atoms with Gasteiger partial charge in [0.15, 0.2) is 0 Å². The van der Waals surface area contributed by atoms with Crippen LogP contribution in [-0.4, -0.2) is 47.4 Å². The number of rotatable bonds is 68. The minimum atomic E-state index is -0.671. The van der Waals surface area contributed by atoms with Crippen LogP contribution in [-0.2, 0) is 14.3 Å². The molecule has 0 bridgehead atoms. The molecule has 0 aromatic rings. The maximum absolute atomic E-state index is 12.6. The van der Waals surface area contributed by atoms with Crippen molar-refractivity contribution in [2.24, 2.45) is 0 Å². The zero-order valence-corrected chi connectivity index (χ0v) is 54.1. The first-order chi connectivity index (χ1) is 39.5. The fourth-order valence-electron chi connectivity index (χ4n) is 11.4. The average Bonchev–Trinajstić information content (AvgIpc) is 3.46. The number of ether oxygens (including phenoxy) is 1. The normalized spacial score (nSPS) is 12.7. The van der Waals surface area contributed by atoms with Crippen molar-refractivity contribution < 1.29 is 24.5 Å². The molecule has 0 aliphatic rings. The smallest absolute Gasteiger partial charge is 0.305 e. The van der Waals surface area contributed by atoms with Gasteiger partial charge >= 0.3 is 5.97 Å². The summed E-state index contributed by atoms with van der Waals surface area (Å²) in [6.07, 6.45) is 89.1. The fourth-order valence-corrected chi connectivity index (χ4v) is 11.4. The predicted octanol–water partition coefficient (Wildman–Crippen LogP) is 23.5. The zero-order chi connectivity index (χ0) is 57.8. The lowest BCUT2D eigenvalue weighted by molar-refractivity contribution is -0.143. The van der Waals surface area contributed by atoms with Crippen LogP contribution in [0.1, 0.15) is 399 Å². The summed E-state index contributed by atoms with van der Waals surface area (Å²) in [6, 6.07) is -0.549. The lowest BCUT2D eigenvalue weighted by Crippen LogP contribution is -2.45. The largest absolute Gasteiger partial charge is 0.466 e. The standard InChI is InChI=1S/C74H141NO5/c1-3-5-7-9-11-13-15-17-19-21-22-23-24-25-26-29-32-35-38-42-46-50-54-58-62-66-72(77)71(70-76)75-73(78)67-63-59-55-51-47-43-39-36-33-30-27-28-31-34-37-41-45-49-53-57-61-65-69-80-74(79)68-64-60-56-52-48-44-40-20-18-16-14-12-10-8-6-4-2/h14,16,20,30,33,40,71-72,76-77H,3-13,15,17-19,21-29,31-32,34-39,41-70H2,1-2H3,(H,75,78)/b16-14-,33-30-,40-20-. The highest BCUT2D eigenvalue weighted by molar-refractivity contribution is 5.76. The Kier molecular flexibility index (Phi) is 67.9. The van der Waals surface area contributed by atoms with E-state index in [2.05, 4.69) is 55.6 Å². The van der Waals surface area contributed by atoms with Crippen molar-refractivity contribution in [2.45, 2.75) is 411 Å². The second-order valence-corrected chi connectivity index (χ2v) is 24.9. The maximum Gasteiger partial charge on any atom is 0.305 e. The van der Waals surface area contributed by atoms with E-state index < -0.39 is 12.1 Å². The van der Waals surface area contributed by atoms with Crippen molar-refractivity contribution in [1.29, 1.82) is 0 Å². The summed E-state index contributed by atoms with van der Waals surface area (Å²) < 4.78 is 5.49. The Morgan fingerprint density at radius 1 is 0.350 bits per heavy atom. The molecular weight excluding hydrogens is 983 g/mol. The first kappa shape index (κ1) is 78.1. The molecule has 1 amide bonds. The Balaban J connectivity index is 3.42. The SMILES string of the molecule is CCCCCC/C=C\C/C=C\CCCCCCCC(=O)OCCCCCCCCCCCCC/C=C\CCCCCCCCCC(=O)NC(CO)C(O)CCCCCCCCCCCCCCCCCCCCCCCCCCC. The Labute approximate surface area is 500 Å². The third-order valence-corrected chi connectivity index (χ3v) is 16.9. The van der Waals surface area contributed by atoms with Crippen LogP contribution in [0, 0.1) is 0 Å². The number of aliphatic hydroxyl groups is 2. The topological polar surface area (TPSA) is 95.9 Å². The van der Waals surface area contributed by atoms with Crippen molar-refractivity contribution in [3.05, 3.63) is 36.5 Å². The molecule has 6 nitrogen and oxygen atoms in total. The molecule has 0 heterocycles. The number of esters is 1. The number of carbonyl (C=O) groups excluding carboxylic acids is 2. The van der Waals surface area contributed by atoms with Crippen LogP contribution in [0.5, 0.6) is 0 Å². The highest BCUT2D eigenvalue weighted by Crippen LogP contribution is 2.19. The lowest BCUT2D eigenvalue weighted by Gasteiger charge is -2.22. The van der Waals surface area contributed by atoms with Gasteiger partial charge in [-0.3, -0.25) is 9.59 Å². The van der Waals surface area contributed by atoms with E-state index in [0.29, 0.717) is 25.9 Å². The van der Waals surface area contributed by atoms with Gasteiger partial charge in [0.05, 0.1) is 25.4 Å². The number of hydrogen-bond acceptors (Lipinski definition) is 5. The zero-order valence-electron chi connectivity index (χ0n) is 54.1. The minimum absolute atomic E-state index is 0.00271. The molecule has 3 N–H and O–H groups in total. The van der Waals surface area contributed by atoms with Gasteiger partial charge in [-0.25, -0.2) is 0 Å². The van der Waals surface area contributed by atoms with Gasteiger partial charge in [-0.1, -0.05) is 339 Å². The van der Waals surface area contributed by atoms with Crippen molar-refractivity contribution in [3.63, 3.8) is 0 Å². The number of aliphatic hydroxyl groups excluding tert-OH is 2. The monoisotopic (exact) mass is 1120 g/mol. The van der Waals surface area contributed by atoms with E-state index >= 15 is 0 Å². The van der Waals surface area contributed by atoms with Crippen molar-refractivity contribution in [2.75, 3.05) is 13.2 Å². The van der Waals surface area contributed by atoms with Crippen LogP contribution in [0.3, 0.4) is 0 Å². The Morgan fingerprint density at radius 3 is 0.975 bits per heavy atom. The number of carbonyl (C=O) groups is 2. The highest BCUT2D eigenvalue weighted by Gasteiger charge is 2.20. The Morgan fingerprint density at radius 2 is 0.625 bits per heavy atom. The van der Waals surface area contributed by atoms with Gasteiger partial charge in [0, 0.05) is 12.8 Å². The predicted molar refractivity (Wildman–Crippen MR) is 352 cm³/mol. The third-order valence-electron chi connectivity index (χ3n) is 16.9. The summed E-state index contributed by atoms with van der Waals surface area (Å²) in [7, 11) is 0. The molecule has 0 saturated heterocycles. The van der Waals surface area contributed by atoms with E-state index in [9.17, 15) is 19.8 Å². The second kappa shape index (κ2) is 69.6. The molecule has 2 unspecified atom stereocenters. The molecule has 0 radical (unpaired) electrons. The molecular formula is C74H141NO5. The maximum atomic E-state index is 12.6. The van der Waals surface area contributed by atoms with E-state index in [0.717, 1.165) is 51.4 Å². The van der Waals surface area contributed by atoms with Gasteiger partial charge < -0.3 is 20.3 Å². The number of unbranched alkanes of at least 4 members (excludes halogenated alkanes) is 51. The van der Waals surface area contributed by atoms with E-state index in [-0.39, 0.29) is 18.5 Å². The van der Waals surface area contributed by atoms with Crippen LogP contribution in [0.15, 0.2) is 36.5 Å². The van der Waals surface area contributed by atoms with Crippen molar-refractivity contribution >= 4 is 11.9 Å². The van der Waals surface area contributed by atoms with Crippen LogP contribution in [0.4, 0.5) is 0 Å². The van der Waals surface area contributed by atoms with Gasteiger partial charge in [0.25, 0.3) is 0 Å². The van der Waals surface area contributed by atoms with Gasteiger partial charge in [0.2, 0.25) is 5.91 Å². The molecule has 0 saturated carbocycles. The quantitative estimate of drug-likeness (QED) is 0.0320. The summed E-state index contributed by atoms with van der Waals surface area (Å²) >= 11 is 0. The van der Waals surface area contributed by atoms with E-state index in [1.807, 2.05) is 0 Å². The van der Waals surface area contributed by atoms with Gasteiger partial charge in [-0.2, -0.15) is 0 Å². The molecule has 2 atom stereocenters. The van der Waals surface area contributed by atoms with Crippen LogP contribution in [0.2, 0.25) is 0 Å². The van der Waals surface area contributed by atoms with Gasteiger partial charge in [-0.05, 0) is 83.5 Å². The molecule has 0 aromatic carbocycles. The molecule has 472 valence electrons. The van der Waals surface area contributed by atoms with Crippen LogP contribution in [0.25, 0.3) is 0 Å². The Bertz CT molecular complexity index is 1300. The fraction of sp³-hybridized carbons (Fsp3) is 0.892. The number of allylic oxidation sites excluding steroid dienone is 6. The molecule has 0 aromatic heterocycles. The van der Waals surface area contributed by atoms with E-state index in [1.54, 1.807) is 0 Å². The summed E-state index contributed by atoms with van der Waals surface area (Å²) in [4.78, 5) is 24.6.